The van der Waals surface area contributed by atoms with Gasteiger partial charge in [-0.05, 0) is 44.0 Å². The van der Waals surface area contributed by atoms with Crippen molar-refractivity contribution in [2.45, 2.75) is 11.8 Å². The second kappa shape index (κ2) is 4.95. The van der Waals surface area contributed by atoms with Crippen LogP contribution in [-0.4, -0.2) is 44.7 Å². The monoisotopic (exact) mass is 294 g/mol. The van der Waals surface area contributed by atoms with E-state index in [1.165, 1.54) is 13.0 Å². The molecule has 5 nitrogen and oxygen atoms in total. The van der Waals surface area contributed by atoms with E-state index in [9.17, 15) is 13.2 Å². The minimum Gasteiger partial charge on any atom is -0.316 e. The van der Waals surface area contributed by atoms with Gasteiger partial charge in [0.2, 0.25) is 10.0 Å². The molecule has 2 fully saturated rings. The Bertz CT molecular complexity index is 630. The van der Waals surface area contributed by atoms with Crippen LogP contribution in [0, 0.1) is 11.8 Å². The van der Waals surface area contributed by atoms with Gasteiger partial charge in [0, 0.05) is 18.7 Å². The Labute approximate surface area is 119 Å². The summed E-state index contributed by atoms with van der Waals surface area (Å²) in [5.74, 6) is 0.714. The van der Waals surface area contributed by atoms with Gasteiger partial charge < -0.3 is 5.32 Å². The van der Waals surface area contributed by atoms with Crippen molar-refractivity contribution in [1.29, 1.82) is 0 Å². The number of rotatable bonds is 3. The van der Waals surface area contributed by atoms with Crippen molar-refractivity contribution in [3.63, 3.8) is 0 Å². The summed E-state index contributed by atoms with van der Waals surface area (Å²) in [6, 6.07) is 6.31. The standard InChI is InChI=1S/C14H18N2O3S/c1-10(17)11-3-2-4-14(5-11)20(18,19)16-8-12-6-15-7-13(12)9-16/h2-5,12-13,15H,6-9H2,1H3. The first-order valence-corrected chi connectivity index (χ1v) is 8.24. The molecule has 1 aromatic rings. The average molecular weight is 294 g/mol. The number of carbonyl (C=O) groups excluding carboxylic acids is 1. The van der Waals surface area contributed by atoms with E-state index in [2.05, 4.69) is 5.32 Å². The predicted molar refractivity (Wildman–Crippen MR) is 75.1 cm³/mol. The fourth-order valence-corrected chi connectivity index (χ4v) is 4.63. The number of hydrogen-bond donors (Lipinski definition) is 1. The lowest BCUT2D eigenvalue weighted by Crippen LogP contribution is -2.32. The van der Waals surface area contributed by atoms with Crippen molar-refractivity contribution in [3.05, 3.63) is 29.8 Å². The molecule has 2 saturated heterocycles. The molecule has 0 radical (unpaired) electrons. The molecule has 2 aliphatic rings. The molecule has 0 saturated carbocycles. The van der Waals surface area contributed by atoms with Crippen molar-refractivity contribution in [1.82, 2.24) is 9.62 Å². The number of nitrogens with zero attached hydrogens (tertiary/aromatic N) is 1. The topological polar surface area (TPSA) is 66.5 Å². The van der Waals surface area contributed by atoms with Crippen LogP contribution in [0.4, 0.5) is 0 Å². The first kappa shape index (κ1) is 13.7. The normalized spacial score (nSPS) is 26.6. The Hall–Kier alpha value is -1.24. The van der Waals surface area contributed by atoms with Gasteiger partial charge in [-0.3, -0.25) is 4.79 Å². The quantitative estimate of drug-likeness (QED) is 0.835. The maximum absolute atomic E-state index is 12.6. The van der Waals surface area contributed by atoms with E-state index < -0.39 is 10.0 Å². The SMILES string of the molecule is CC(=O)c1cccc(S(=O)(=O)N2CC3CNCC3C2)c1. The maximum atomic E-state index is 12.6. The molecule has 1 N–H and O–H groups in total. The fourth-order valence-electron chi connectivity index (χ4n) is 3.03. The van der Waals surface area contributed by atoms with E-state index in [0.717, 1.165) is 13.1 Å². The van der Waals surface area contributed by atoms with Crippen LogP contribution < -0.4 is 5.32 Å². The molecule has 0 amide bonds. The molecule has 2 aliphatic heterocycles. The number of hydrogen-bond acceptors (Lipinski definition) is 4. The summed E-state index contributed by atoms with van der Waals surface area (Å²) >= 11 is 0. The highest BCUT2D eigenvalue weighted by molar-refractivity contribution is 7.89. The minimum atomic E-state index is -3.48. The zero-order chi connectivity index (χ0) is 14.3. The van der Waals surface area contributed by atoms with Crippen LogP contribution in [0.1, 0.15) is 17.3 Å². The summed E-state index contributed by atoms with van der Waals surface area (Å²) in [7, 11) is -3.48. The van der Waals surface area contributed by atoms with Crippen LogP contribution in [0.25, 0.3) is 0 Å². The highest BCUT2D eigenvalue weighted by Crippen LogP contribution is 2.30. The molecule has 2 unspecified atom stereocenters. The molecule has 20 heavy (non-hydrogen) atoms. The number of sulfonamides is 1. The molecule has 2 atom stereocenters. The molecule has 2 heterocycles. The first-order valence-electron chi connectivity index (χ1n) is 6.80. The van der Waals surface area contributed by atoms with Gasteiger partial charge in [0.15, 0.2) is 5.78 Å². The van der Waals surface area contributed by atoms with E-state index >= 15 is 0 Å². The van der Waals surface area contributed by atoms with Gasteiger partial charge in [-0.1, -0.05) is 12.1 Å². The highest BCUT2D eigenvalue weighted by atomic mass is 32.2. The van der Waals surface area contributed by atoms with Crippen molar-refractivity contribution in [3.8, 4) is 0 Å². The van der Waals surface area contributed by atoms with Crippen LogP contribution >= 0.6 is 0 Å². The molecule has 0 spiro atoms. The Morgan fingerprint density at radius 3 is 2.50 bits per heavy atom. The minimum absolute atomic E-state index is 0.121. The lowest BCUT2D eigenvalue weighted by Gasteiger charge is -2.17. The van der Waals surface area contributed by atoms with Crippen LogP contribution in [-0.2, 0) is 10.0 Å². The third-order valence-electron chi connectivity index (χ3n) is 4.23. The first-order chi connectivity index (χ1) is 9.48. The van der Waals surface area contributed by atoms with Crippen LogP contribution in [0.2, 0.25) is 0 Å². The van der Waals surface area contributed by atoms with E-state index in [0.29, 0.717) is 30.5 Å². The molecular weight excluding hydrogens is 276 g/mol. The van der Waals surface area contributed by atoms with Gasteiger partial charge in [-0.2, -0.15) is 4.31 Å². The molecule has 108 valence electrons. The Morgan fingerprint density at radius 2 is 1.90 bits per heavy atom. The Kier molecular flexibility index (Phi) is 3.40. The van der Waals surface area contributed by atoms with Gasteiger partial charge in [0.25, 0.3) is 0 Å². The van der Waals surface area contributed by atoms with Gasteiger partial charge in [0.1, 0.15) is 0 Å². The predicted octanol–water partition coefficient (Wildman–Crippen LogP) is 0.729. The summed E-state index contributed by atoms with van der Waals surface area (Å²) in [5, 5.41) is 3.29. The lowest BCUT2D eigenvalue weighted by molar-refractivity contribution is 0.101. The van der Waals surface area contributed by atoms with E-state index in [-0.39, 0.29) is 10.7 Å². The largest absolute Gasteiger partial charge is 0.316 e. The van der Waals surface area contributed by atoms with Gasteiger partial charge >= 0.3 is 0 Å². The van der Waals surface area contributed by atoms with Gasteiger partial charge in [0.05, 0.1) is 4.90 Å². The van der Waals surface area contributed by atoms with Crippen molar-refractivity contribution in [2.24, 2.45) is 11.8 Å². The van der Waals surface area contributed by atoms with Gasteiger partial charge in [-0.25, -0.2) is 8.42 Å². The number of nitrogens with one attached hydrogen (secondary N) is 1. The van der Waals surface area contributed by atoms with E-state index in [1.807, 2.05) is 0 Å². The molecule has 0 aliphatic carbocycles. The summed E-state index contributed by atoms with van der Waals surface area (Å²) in [5.41, 5.74) is 0.437. The fraction of sp³-hybridized carbons (Fsp3) is 0.500. The Morgan fingerprint density at radius 1 is 1.25 bits per heavy atom. The smallest absolute Gasteiger partial charge is 0.243 e. The van der Waals surface area contributed by atoms with Crippen molar-refractivity contribution < 1.29 is 13.2 Å². The highest BCUT2D eigenvalue weighted by Gasteiger charge is 2.41. The van der Waals surface area contributed by atoms with E-state index in [4.69, 9.17) is 0 Å². The van der Waals surface area contributed by atoms with Gasteiger partial charge in [-0.15, -0.1) is 0 Å². The van der Waals surface area contributed by atoms with E-state index in [1.54, 1.807) is 22.5 Å². The number of Topliss-reactive ketones (excluding diaryl/α,β-unsaturated/α-hetero) is 1. The zero-order valence-corrected chi connectivity index (χ0v) is 12.2. The molecule has 3 rings (SSSR count). The number of fused-ring (bicyclic) bond motifs is 1. The molecule has 6 heteroatoms. The number of ketones is 1. The summed E-state index contributed by atoms with van der Waals surface area (Å²) in [6.45, 7) is 4.38. The summed E-state index contributed by atoms with van der Waals surface area (Å²) in [4.78, 5) is 11.6. The molecule has 0 aromatic heterocycles. The Balaban J connectivity index is 1.89. The second-order valence-electron chi connectivity index (χ2n) is 5.58. The lowest BCUT2D eigenvalue weighted by atomic mass is 10.0. The molecular formula is C14H18N2O3S. The molecule has 1 aromatic carbocycles. The summed E-state index contributed by atoms with van der Waals surface area (Å²) < 4.78 is 26.8. The number of carbonyl (C=O) groups is 1. The average Bonchev–Trinajstić information content (AvgIpc) is 2.99. The second-order valence-corrected chi connectivity index (χ2v) is 7.52. The third kappa shape index (κ3) is 2.28. The zero-order valence-electron chi connectivity index (χ0n) is 11.4. The maximum Gasteiger partial charge on any atom is 0.243 e. The van der Waals surface area contributed by atoms with Crippen LogP contribution in [0.15, 0.2) is 29.2 Å². The third-order valence-corrected chi connectivity index (χ3v) is 6.06. The summed E-state index contributed by atoms with van der Waals surface area (Å²) in [6.07, 6.45) is 0. The van der Waals surface area contributed by atoms with Crippen LogP contribution in [0.5, 0.6) is 0 Å². The van der Waals surface area contributed by atoms with Crippen molar-refractivity contribution in [2.75, 3.05) is 26.2 Å². The molecule has 0 bridgehead atoms. The van der Waals surface area contributed by atoms with Crippen molar-refractivity contribution >= 4 is 15.8 Å². The number of benzene rings is 1. The van der Waals surface area contributed by atoms with Crippen LogP contribution in [0.3, 0.4) is 0 Å².